The van der Waals surface area contributed by atoms with Crippen LogP contribution >= 0.6 is 15.9 Å². The quantitative estimate of drug-likeness (QED) is 0.707. The number of nitrogens with zero attached hydrogens (tertiary/aromatic N) is 2. The lowest BCUT2D eigenvalue weighted by atomic mass is 9.92. The van der Waals surface area contributed by atoms with E-state index in [9.17, 15) is 9.59 Å². The summed E-state index contributed by atoms with van der Waals surface area (Å²) in [6.07, 6.45) is 3.34. The van der Waals surface area contributed by atoms with Gasteiger partial charge in [0.25, 0.3) is 5.91 Å². The predicted octanol–water partition coefficient (Wildman–Crippen LogP) is 3.21. The number of pyridine rings is 1. The molecular formula is C21H23BrN2O4. The van der Waals surface area contributed by atoms with Crippen LogP contribution in [0.3, 0.4) is 0 Å². The third-order valence-electron chi connectivity index (χ3n) is 5.44. The van der Waals surface area contributed by atoms with Gasteiger partial charge in [0.1, 0.15) is 6.61 Å². The first-order valence-corrected chi connectivity index (χ1v) is 10.3. The Morgan fingerprint density at radius 1 is 1.25 bits per heavy atom. The minimum Gasteiger partial charge on any atom is -0.483 e. The number of benzene rings is 1. The lowest BCUT2D eigenvalue weighted by Crippen LogP contribution is -2.59. The molecule has 4 rings (SSSR count). The Balaban J connectivity index is 1.76. The Morgan fingerprint density at radius 3 is 2.71 bits per heavy atom. The normalized spacial score (nSPS) is 21.2. The van der Waals surface area contributed by atoms with E-state index in [1.54, 1.807) is 6.20 Å². The Kier molecular flexibility index (Phi) is 5.29. The summed E-state index contributed by atoms with van der Waals surface area (Å²) in [6, 6.07) is 9.62. The van der Waals surface area contributed by atoms with E-state index in [4.69, 9.17) is 9.47 Å². The summed E-state index contributed by atoms with van der Waals surface area (Å²) in [7, 11) is 0. The second-order valence-corrected chi connectivity index (χ2v) is 8.22. The highest BCUT2D eigenvalue weighted by molar-refractivity contribution is 9.10. The summed E-state index contributed by atoms with van der Waals surface area (Å²) in [4.78, 5) is 28.2. The molecule has 1 saturated heterocycles. The van der Waals surface area contributed by atoms with Crippen LogP contribution in [0.5, 0.6) is 5.75 Å². The molecule has 6 nitrogen and oxygen atoms in total. The molecule has 1 unspecified atom stereocenters. The Bertz CT molecular complexity index is 935. The van der Waals surface area contributed by atoms with Gasteiger partial charge in [0, 0.05) is 25.9 Å². The lowest BCUT2D eigenvalue weighted by molar-refractivity contribution is 0.0235. The molecule has 1 spiro atoms. The van der Waals surface area contributed by atoms with Crippen molar-refractivity contribution in [2.24, 2.45) is 0 Å². The fourth-order valence-electron chi connectivity index (χ4n) is 4.06. The summed E-state index contributed by atoms with van der Waals surface area (Å²) < 4.78 is 13.8. The molecule has 1 amide bonds. The zero-order valence-corrected chi connectivity index (χ0v) is 17.4. The number of carbonyl (C=O) groups is 1. The Morgan fingerprint density at radius 2 is 2.04 bits per heavy atom. The lowest BCUT2D eigenvalue weighted by Gasteiger charge is -2.45. The molecule has 0 N–H and O–H groups in total. The van der Waals surface area contributed by atoms with E-state index in [1.807, 2.05) is 46.7 Å². The summed E-state index contributed by atoms with van der Waals surface area (Å²) in [5.41, 5.74) is 0.612. The molecule has 148 valence electrons. The first-order valence-electron chi connectivity index (χ1n) is 9.55. The number of rotatable bonds is 5. The van der Waals surface area contributed by atoms with Gasteiger partial charge in [-0.1, -0.05) is 37.3 Å². The van der Waals surface area contributed by atoms with E-state index < -0.39 is 0 Å². The van der Waals surface area contributed by atoms with Gasteiger partial charge in [0.15, 0.2) is 11.4 Å². The van der Waals surface area contributed by atoms with Crippen LogP contribution in [0.2, 0.25) is 0 Å². The van der Waals surface area contributed by atoms with Gasteiger partial charge in [-0.15, -0.1) is 0 Å². The van der Waals surface area contributed by atoms with Crippen LogP contribution in [0.15, 0.2) is 45.8 Å². The highest BCUT2D eigenvalue weighted by Gasteiger charge is 2.48. The van der Waals surface area contributed by atoms with Gasteiger partial charge >= 0.3 is 0 Å². The Hall–Kier alpha value is -2.12. The molecule has 1 aromatic carbocycles. The molecular weight excluding hydrogens is 424 g/mol. The third-order valence-corrected chi connectivity index (χ3v) is 6.00. The van der Waals surface area contributed by atoms with Crippen molar-refractivity contribution in [1.29, 1.82) is 0 Å². The molecule has 0 bridgehead atoms. The maximum absolute atomic E-state index is 13.5. The van der Waals surface area contributed by atoms with E-state index in [0.29, 0.717) is 36.5 Å². The standard InChI is InChI=1S/C21H23BrN2O4/c1-2-9-24-20(26)17-19(28-12-15-6-4-3-5-7-15)18(25)16(22)11-23(17)13-21(24)8-10-27-14-21/h3-7,11H,2,8-10,12-14H2,1H3. The fourth-order valence-corrected chi connectivity index (χ4v) is 4.48. The molecule has 28 heavy (non-hydrogen) atoms. The molecule has 0 saturated carbocycles. The van der Waals surface area contributed by atoms with Crippen LogP contribution in [0.4, 0.5) is 0 Å². The number of aromatic nitrogens is 1. The van der Waals surface area contributed by atoms with Crippen LogP contribution < -0.4 is 10.2 Å². The average molecular weight is 447 g/mol. The van der Waals surface area contributed by atoms with Gasteiger partial charge in [-0.25, -0.2) is 0 Å². The van der Waals surface area contributed by atoms with E-state index in [-0.39, 0.29) is 29.2 Å². The minimum absolute atomic E-state index is 0.109. The minimum atomic E-state index is -0.356. The van der Waals surface area contributed by atoms with Crippen molar-refractivity contribution in [3.63, 3.8) is 0 Å². The van der Waals surface area contributed by atoms with Crippen molar-refractivity contribution >= 4 is 21.8 Å². The van der Waals surface area contributed by atoms with Gasteiger partial charge in [0.05, 0.1) is 16.6 Å². The van der Waals surface area contributed by atoms with E-state index in [2.05, 4.69) is 15.9 Å². The smallest absolute Gasteiger partial charge is 0.275 e. The van der Waals surface area contributed by atoms with Crippen LogP contribution in [0, 0.1) is 0 Å². The molecule has 1 aromatic heterocycles. The number of hydrogen-bond donors (Lipinski definition) is 0. The molecule has 1 fully saturated rings. The van der Waals surface area contributed by atoms with Crippen molar-refractivity contribution in [2.75, 3.05) is 19.8 Å². The van der Waals surface area contributed by atoms with Crippen LogP contribution in [0.1, 0.15) is 35.8 Å². The zero-order valence-electron chi connectivity index (χ0n) is 15.8. The molecule has 2 aromatic rings. The number of amides is 1. The van der Waals surface area contributed by atoms with Crippen molar-refractivity contribution in [3.05, 3.63) is 62.5 Å². The SMILES string of the molecule is CCCN1C(=O)c2c(OCc3ccccc3)c(=O)c(Br)cn2CC12CCOC2. The second kappa shape index (κ2) is 7.72. The van der Waals surface area contributed by atoms with Gasteiger partial charge < -0.3 is 18.9 Å². The van der Waals surface area contributed by atoms with Crippen molar-refractivity contribution in [1.82, 2.24) is 9.47 Å². The molecule has 7 heteroatoms. The molecule has 0 radical (unpaired) electrons. The first-order chi connectivity index (χ1) is 13.6. The summed E-state index contributed by atoms with van der Waals surface area (Å²) in [5, 5.41) is 0. The van der Waals surface area contributed by atoms with Gasteiger partial charge in [-0.2, -0.15) is 0 Å². The molecule has 2 aliphatic rings. The number of halogens is 1. The Labute approximate surface area is 172 Å². The van der Waals surface area contributed by atoms with E-state index in [1.165, 1.54) is 0 Å². The topological polar surface area (TPSA) is 60.8 Å². The number of ether oxygens (including phenoxy) is 2. The zero-order chi connectivity index (χ0) is 19.7. The maximum atomic E-state index is 13.5. The van der Waals surface area contributed by atoms with Crippen molar-refractivity contribution in [3.8, 4) is 5.75 Å². The van der Waals surface area contributed by atoms with E-state index >= 15 is 0 Å². The predicted molar refractivity (Wildman–Crippen MR) is 109 cm³/mol. The first kappa shape index (κ1) is 19.2. The number of hydrogen-bond acceptors (Lipinski definition) is 4. The number of fused-ring (bicyclic) bond motifs is 1. The molecule has 1 atom stereocenters. The van der Waals surface area contributed by atoms with Crippen LogP contribution in [-0.2, 0) is 17.9 Å². The van der Waals surface area contributed by atoms with Gasteiger partial charge in [-0.3, -0.25) is 9.59 Å². The highest BCUT2D eigenvalue weighted by Crippen LogP contribution is 2.36. The highest BCUT2D eigenvalue weighted by atomic mass is 79.9. The monoisotopic (exact) mass is 446 g/mol. The summed E-state index contributed by atoms with van der Waals surface area (Å²) >= 11 is 3.34. The molecule has 3 heterocycles. The molecule has 0 aliphatic carbocycles. The fraction of sp³-hybridized carbons (Fsp3) is 0.429. The maximum Gasteiger partial charge on any atom is 0.275 e. The second-order valence-electron chi connectivity index (χ2n) is 7.37. The van der Waals surface area contributed by atoms with Crippen LogP contribution in [-0.4, -0.2) is 40.7 Å². The van der Waals surface area contributed by atoms with Gasteiger partial charge in [-0.05, 0) is 34.3 Å². The van der Waals surface area contributed by atoms with E-state index in [0.717, 1.165) is 18.4 Å². The van der Waals surface area contributed by atoms with Crippen LogP contribution in [0.25, 0.3) is 0 Å². The summed E-state index contributed by atoms with van der Waals surface area (Å²) in [6.45, 7) is 4.66. The molecule has 2 aliphatic heterocycles. The summed E-state index contributed by atoms with van der Waals surface area (Å²) in [5.74, 6) is -0.0515. The largest absolute Gasteiger partial charge is 0.483 e. The number of carbonyl (C=O) groups excluding carboxylic acids is 1. The van der Waals surface area contributed by atoms with Gasteiger partial charge in [0.2, 0.25) is 5.43 Å². The average Bonchev–Trinajstić information content (AvgIpc) is 3.16. The van der Waals surface area contributed by atoms with Crippen molar-refractivity contribution in [2.45, 2.75) is 38.5 Å². The van der Waals surface area contributed by atoms with Crippen molar-refractivity contribution < 1.29 is 14.3 Å². The third kappa shape index (κ3) is 3.26.